The Hall–Kier alpha value is -3.38. The van der Waals surface area contributed by atoms with E-state index in [0.717, 1.165) is 89.9 Å². The van der Waals surface area contributed by atoms with Gasteiger partial charge in [0.1, 0.15) is 31.0 Å². The molecule has 1 aliphatic heterocycles. The van der Waals surface area contributed by atoms with Crippen LogP contribution in [0.1, 0.15) is 129 Å². The van der Waals surface area contributed by atoms with Crippen molar-refractivity contribution in [3.05, 3.63) is 97.2 Å². The number of carbonyl (C=O) groups excluding carboxylic acids is 2. The number of ether oxygens (including phenoxy) is 4. The van der Waals surface area contributed by atoms with Crippen LogP contribution in [0, 0.1) is 0 Å². The van der Waals surface area contributed by atoms with E-state index in [9.17, 15) is 30.0 Å². The van der Waals surface area contributed by atoms with E-state index >= 15 is 0 Å². The van der Waals surface area contributed by atoms with Gasteiger partial charge in [0.05, 0.1) is 13.2 Å². The minimum Gasteiger partial charge on any atom is -0.462 e. The number of hydrogen-bond donors (Lipinski definition) is 4. The third-order valence-electron chi connectivity index (χ3n) is 8.96. The maximum atomic E-state index is 12.7. The molecule has 0 aromatic carbocycles. The Kier molecular flexibility index (Phi) is 33.5. The Morgan fingerprint density at radius 2 is 0.982 bits per heavy atom. The predicted octanol–water partition coefficient (Wildman–Crippen LogP) is 8.77. The first kappa shape index (κ1) is 51.6. The number of hydrogen-bond acceptors (Lipinski definition) is 10. The lowest BCUT2D eigenvalue weighted by atomic mass is 9.99. The summed E-state index contributed by atoms with van der Waals surface area (Å²) in [6.07, 6.45) is 41.3. The summed E-state index contributed by atoms with van der Waals surface area (Å²) in [6, 6.07) is 0. The lowest BCUT2D eigenvalue weighted by Gasteiger charge is -2.39. The van der Waals surface area contributed by atoms with E-state index in [1.54, 1.807) is 0 Å². The number of aliphatic hydroxyl groups excluding tert-OH is 4. The van der Waals surface area contributed by atoms with Crippen LogP contribution in [-0.2, 0) is 28.5 Å². The molecule has 0 saturated carbocycles. The second-order valence-corrected chi connectivity index (χ2v) is 14.0. The second kappa shape index (κ2) is 36.9. The van der Waals surface area contributed by atoms with Crippen molar-refractivity contribution in [2.24, 2.45) is 0 Å². The molecule has 57 heavy (non-hydrogen) atoms. The van der Waals surface area contributed by atoms with E-state index in [2.05, 4.69) is 111 Å². The number of carbonyl (C=O) groups is 2. The van der Waals surface area contributed by atoms with Crippen LogP contribution in [0.25, 0.3) is 0 Å². The first-order chi connectivity index (χ1) is 27.8. The monoisotopic (exact) mass is 799 g/mol. The number of unbranched alkanes of at least 4 members (excludes halogenated alkanes) is 6. The molecule has 0 amide bonds. The predicted molar refractivity (Wildman–Crippen MR) is 228 cm³/mol. The maximum Gasteiger partial charge on any atom is 0.306 e. The minimum absolute atomic E-state index is 0.178. The quantitative estimate of drug-likeness (QED) is 0.0288. The molecule has 10 nitrogen and oxygen atoms in total. The van der Waals surface area contributed by atoms with Crippen molar-refractivity contribution in [3.63, 3.8) is 0 Å². The smallest absolute Gasteiger partial charge is 0.306 e. The summed E-state index contributed by atoms with van der Waals surface area (Å²) < 4.78 is 22.0. The number of esters is 2. The maximum absolute atomic E-state index is 12.7. The molecule has 10 heteroatoms. The molecule has 322 valence electrons. The van der Waals surface area contributed by atoms with E-state index in [1.165, 1.54) is 0 Å². The molecule has 0 aromatic heterocycles. The largest absolute Gasteiger partial charge is 0.462 e. The van der Waals surface area contributed by atoms with Gasteiger partial charge in [-0.2, -0.15) is 0 Å². The van der Waals surface area contributed by atoms with Crippen LogP contribution in [0.15, 0.2) is 97.2 Å². The highest BCUT2D eigenvalue weighted by Crippen LogP contribution is 2.22. The van der Waals surface area contributed by atoms with Crippen LogP contribution in [0.5, 0.6) is 0 Å². The van der Waals surface area contributed by atoms with E-state index in [4.69, 9.17) is 18.9 Å². The minimum atomic E-state index is -1.61. The lowest BCUT2D eigenvalue weighted by molar-refractivity contribution is -0.305. The molecule has 1 fully saturated rings. The van der Waals surface area contributed by atoms with Gasteiger partial charge in [-0.25, -0.2) is 0 Å². The molecule has 6 atom stereocenters. The number of allylic oxidation sites excluding steroid dienone is 16. The van der Waals surface area contributed by atoms with Gasteiger partial charge < -0.3 is 39.4 Å². The van der Waals surface area contributed by atoms with Crippen LogP contribution in [0.2, 0.25) is 0 Å². The van der Waals surface area contributed by atoms with Crippen molar-refractivity contribution < 1.29 is 49.0 Å². The molecule has 1 heterocycles. The molecule has 0 aromatic rings. The fourth-order valence-corrected chi connectivity index (χ4v) is 5.64. The van der Waals surface area contributed by atoms with Gasteiger partial charge in [0.2, 0.25) is 0 Å². The second-order valence-electron chi connectivity index (χ2n) is 14.0. The zero-order valence-electron chi connectivity index (χ0n) is 34.8. The van der Waals surface area contributed by atoms with Crippen molar-refractivity contribution in [2.45, 2.75) is 166 Å². The van der Waals surface area contributed by atoms with Crippen LogP contribution < -0.4 is 0 Å². The summed E-state index contributed by atoms with van der Waals surface area (Å²) in [6.45, 7) is 3.10. The fraction of sp³-hybridized carbons (Fsp3) is 0.617. The molecule has 0 spiro atoms. The zero-order chi connectivity index (χ0) is 41.6. The summed E-state index contributed by atoms with van der Waals surface area (Å²) in [5, 5.41) is 40.0. The zero-order valence-corrected chi connectivity index (χ0v) is 34.8. The first-order valence-electron chi connectivity index (χ1n) is 21.3. The lowest BCUT2D eigenvalue weighted by Crippen LogP contribution is -2.59. The summed E-state index contributed by atoms with van der Waals surface area (Å²) in [4.78, 5) is 25.3. The van der Waals surface area contributed by atoms with E-state index < -0.39 is 55.4 Å². The van der Waals surface area contributed by atoms with E-state index in [0.29, 0.717) is 12.8 Å². The number of rotatable bonds is 33. The van der Waals surface area contributed by atoms with E-state index in [-0.39, 0.29) is 26.1 Å². The third kappa shape index (κ3) is 28.6. The summed E-state index contributed by atoms with van der Waals surface area (Å²) in [5.74, 6) is -0.892. The Balaban J connectivity index is 2.41. The van der Waals surface area contributed by atoms with Crippen LogP contribution in [-0.4, -0.2) is 89.0 Å². The highest BCUT2D eigenvalue weighted by molar-refractivity contribution is 5.70. The van der Waals surface area contributed by atoms with Crippen LogP contribution >= 0.6 is 0 Å². The van der Waals surface area contributed by atoms with Crippen molar-refractivity contribution in [1.82, 2.24) is 0 Å². The average Bonchev–Trinajstić information content (AvgIpc) is 3.21. The fourth-order valence-electron chi connectivity index (χ4n) is 5.64. The highest BCUT2D eigenvalue weighted by atomic mass is 16.7. The summed E-state index contributed by atoms with van der Waals surface area (Å²) in [5.41, 5.74) is 0. The van der Waals surface area contributed by atoms with E-state index in [1.807, 2.05) is 0 Å². The van der Waals surface area contributed by atoms with Crippen molar-refractivity contribution in [1.29, 1.82) is 0 Å². The average molecular weight is 799 g/mol. The highest BCUT2D eigenvalue weighted by Gasteiger charge is 2.44. The molecule has 0 radical (unpaired) electrons. The SMILES string of the molecule is CC/C=C\C/C=C\C/C=C\C/C=C\C/C=C\CCCCCC(=O)OC(COC(=O)CCCCC/C=C\C/C=C\C/C=C\CC)COC1OC(CO)C(O)C(O)C1O. The molecule has 0 aliphatic carbocycles. The van der Waals surface area contributed by atoms with Gasteiger partial charge >= 0.3 is 11.9 Å². The Bertz CT molecular complexity index is 1240. The molecule has 1 aliphatic rings. The molecule has 1 rings (SSSR count). The molecule has 4 N–H and O–H groups in total. The van der Waals surface area contributed by atoms with Crippen molar-refractivity contribution in [3.8, 4) is 0 Å². The van der Waals surface area contributed by atoms with Gasteiger partial charge in [-0.3, -0.25) is 9.59 Å². The van der Waals surface area contributed by atoms with Gasteiger partial charge in [0.15, 0.2) is 12.4 Å². The Morgan fingerprint density at radius 3 is 1.44 bits per heavy atom. The molecular weight excluding hydrogens is 725 g/mol. The van der Waals surface area contributed by atoms with Crippen molar-refractivity contribution in [2.75, 3.05) is 19.8 Å². The summed E-state index contributed by atoms with van der Waals surface area (Å²) >= 11 is 0. The third-order valence-corrected chi connectivity index (χ3v) is 8.96. The topological polar surface area (TPSA) is 152 Å². The number of aliphatic hydroxyl groups is 4. The molecular formula is C47H74O10. The normalized spacial score (nSPS) is 21.3. The van der Waals surface area contributed by atoms with Gasteiger partial charge in [-0.1, -0.05) is 124 Å². The van der Waals surface area contributed by atoms with Gasteiger partial charge in [-0.05, 0) is 89.9 Å². The summed E-state index contributed by atoms with van der Waals surface area (Å²) in [7, 11) is 0. The molecule has 1 saturated heterocycles. The first-order valence-corrected chi connectivity index (χ1v) is 21.3. The molecule has 0 bridgehead atoms. The Labute approximate surface area is 343 Å². The molecule has 6 unspecified atom stereocenters. The van der Waals surface area contributed by atoms with Gasteiger partial charge in [-0.15, -0.1) is 0 Å². The van der Waals surface area contributed by atoms with Gasteiger partial charge in [0.25, 0.3) is 0 Å². The van der Waals surface area contributed by atoms with Gasteiger partial charge in [0, 0.05) is 12.8 Å². The standard InChI is InChI=1S/C47H74O10/c1-3-5-7-9-11-13-15-17-18-19-20-21-22-24-26-28-30-32-34-36-43(50)56-40(39-55-47-46(53)45(52)44(51)41(37-48)57-47)38-54-42(49)35-33-31-29-27-25-23-16-14-12-10-8-6-4-2/h5-8,11-14,17-18,20-21,23-26,40-41,44-48,51-53H,3-4,9-10,15-16,19,22,27-39H2,1-2H3/b7-5-,8-6-,13-11-,14-12-,18-17-,21-20-,25-23-,26-24-. The van der Waals surface area contributed by atoms with Crippen LogP contribution in [0.3, 0.4) is 0 Å². The van der Waals surface area contributed by atoms with Crippen molar-refractivity contribution >= 4 is 11.9 Å². The van der Waals surface area contributed by atoms with Crippen LogP contribution in [0.4, 0.5) is 0 Å². The Morgan fingerprint density at radius 1 is 0.544 bits per heavy atom.